The minimum Gasteiger partial charge on any atom is -0.388 e. The van der Waals surface area contributed by atoms with Crippen molar-refractivity contribution >= 4 is 5.91 Å². The SMILES string of the molecule is Cc1cc(F)ccc1[C@]12CC[C@H](C(C)(C)O)N1C(=O)[C@@H](N)C2. The van der Waals surface area contributed by atoms with Gasteiger partial charge in [-0.15, -0.1) is 0 Å². The second-order valence-corrected chi connectivity index (χ2v) is 7.22. The average Bonchev–Trinajstić information content (AvgIpc) is 2.87. The molecular weight excluding hydrogens is 283 g/mol. The summed E-state index contributed by atoms with van der Waals surface area (Å²) in [7, 11) is 0. The maximum Gasteiger partial charge on any atom is 0.240 e. The van der Waals surface area contributed by atoms with Gasteiger partial charge < -0.3 is 15.7 Å². The molecule has 120 valence electrons. The molecule has 3 rings (SSSR count). The monoisotopic (exact) mass is 306 g/mol. The number of carbonyl (C=O) groups is 1. The van der Waals surface area contributed by atoms with Crippen molar-refractivity contribution in [2.45, 2.75) is 63.3 Å². The highest BCUT2D eigenvalue weighted by Crippen LogP contribution is 2.52. The third-order valence-corrected chi connectivity index (χ3v) is 5.22. The first-order chi connectivity index (χ1) is 10.2. The molecule has 2 heterocycles. The Kier molecular flexibility index (Phi) is 3.34. The minimum absolute atomic E-state index is 0.117. The Labute approximate surface area is 130 Å². The maximum atomic E-state index is 13.5. The second kappa shape index (κ2) is 4.77. The summed E-state index contributed by atoms with van der Waals surface area (Å²) < 4.78 is 13.5. The lowest BCUT2D eigenvalue weighted by atomic mass is 9.82. The highest BCUT2D eigenvalue weighted by Gasteiger charge is 2.59. The van der Waals surface area contributed by atoms with E-state index in [1.807, 2.05) is 6.92 Å². The molecule has 4 nitrogen and oxygen atoms in total. The summed E-state index contributed by atoms with van der Waals surface area (Å²) in [5.74, 6) is -0.400. The summed E-state index contributed by atoms with van der Waals surface area (Å²) in [6, 6.07) is 3.86. The van der Waals surface area contributed by atoms with Gasteiger partial charge in [0.2, 0.25) is 5.91 Å². The number of aryl methyl sites for hydroxylation is 1. The molecule has 1 aromatic rings. The molecule has 0 aliphatic carbocycles. The van der Waals surface area contributed by atoms with Gasteiger partial charge in [0, 0.05) is 0 Å². The number of rotatable bonds is 2. The molecule has 0 bridgehead atoms. The van der Waals surface area contributed by atoms with Gasteiger partial charge in [-0.05, 0) is 63.3 Å². The van der Waals surface area contributed by atoms with Crippen LogP contribution in [0.25, 0.3) is 0 Å². The highest BCUT2D eigenvalue weighted by atomic mass is 19.1. The van der Waals surface area contributed by atoms with Gasteiger partial charge in [0.05, 0.1) is 23.2 Å². The molecule has 3 atom stereocenters. The van der Waals surface area contributed by atoms with E-state index in [-0.39, 0.29) is 17.8 Å². The summed E-state index contributed by atoms with van der Waals surface area (Å²) in [5, 5.41) is 10.4. The molecule has 1 amide bonds. The van der Waals surface area contributed by atoms with Crippen molar-refractivity contribution < 1.29 is 14.3 Å². The molecule has 1 aromatic carbocycles. The molecule has 2 aliphatic heterocycles. The molecule has 0 unspecified atom stereocenters. The summed E-state index contributed by atoms with van der Waals surface area (Å²) in [4.78, 5) is 14.4. The Morgan fingerprint density at radius 3 is 2.73 bits per heavy atom. The molecule has 3 N–H and O–H groups in total. The van der Waals surface area contributed by atoms with Crippen LogP contribution in [0, 0.1) is 12.7 Å². The van der Waals surface area contributed by atoms with Gasteiger partial charge in [-0.2, -0.15) is 0 Å². The van der Waals surface area contributed by atoms with E-state index in [1.54, 1.807) is 24.8 Å². The van der Waals surface area contributed by atoms with E-state index in [2.05, 4.69) is 0 Å². The molecule has 2 aliphatic rings. The molecule has 0 spiro atoms. The van der Waals surface area contributed by atoms with Gasteiger partial charge in [0.25, 0.3) is 0 Å². The van der Waals surface area contributed by atoms with Crippen LogP contribution in [0.4, 0.5) is 4.39 Å². The average molecular weight is 306 g/mol. The molecular formula is C17H23FN2O2. The van der Waals surface area contributed by atoms with E-state index in [0.29, 0.717) is 6.42 Å². The standard InChI is InChI=1S/C17H23FN2O2/c1-10-8-11(18)4-5-12(10)17-7-6-14(16(2,3)22)20(17)15(21)13(19)9-17/h4-5,8,13-14,22H,6-7,9,19H2,1-3H3/t13-,14+,17+/m0/s1. The Morgan fingerprint density at radius 2 is 2.14 bits per heavy atom. The van der Waals surface area contributed by atoms with E-state index >= 15 is 0 Å². The summed E-state index contributed by atoms with van der Waals surface area (Å²) in [5.41, 5.74) is 6.29. The number of halogens is 1. The predicted molar refractivity (Wildman–Crippen MR) is 81.6 cm³/mol. The third-order valence-electron chi connectivity index (χ3n) is 5.22. The third kappa shape index (κ3) is 2.07. The van der Waals surface area contributed by atoms with Crippen molar-refractivity contribution in [1.29, 1.82) is 0 Å². The van der Waals surface area contributed by atoms with Crippen LogP contribution in [0.15, 0.2) is 18.2 Å². The number of hydrogen-bond donors (Lipinski definition) is 2. The van der Waals surface area contributed by atoms with Gasteiger partial charge >= 0.3 is 0 Å². The van der Waals surface area contributed by atoms with Crippen LogP contribution in [-0.4, -0.2) is 33.6 Å². The fourth-order valence-electron chi connectivity index (χ4n) is 4.31. The number of fused-ring (bicyclic) bond motifs is 1. The largest absolute Gasteiger partial charge is 0.388 e. The van der Waals surface area contributed by atoms with Crippen molar-refractivity contribution in [1.82, 2.24) is 4.90 Å². The van der Waals surface area contributed by atoms with E-state index in [9.17, 15) is 14.3 Å². The van der Waals surface area contributed by atoms with Gasteiger partial charge in [-0.3, -0.25) is 4.79 Å². The number of aliphatic hydroxyl groups is 1. The summed E-state index contributed by atoms with van der Waals surface area (Å²) in [6.45, 7) is 5.31. The normalized spacial score (nSPS) is 31.7. The lowest BCUT2D eigenvalue weighted by molar-refractivity contribution is -0.138. The minimum atomic E-state index is -0.991. The fraction of sp³-hybridized carbons (Fsp3) is 0.588. The zero-order valence-corrected chi connectivity index (χ0v) is 13.3. The Morgan fingerprint density at radius 1 is 1.45 bits per heavy atom. The maximum absolute atomic E-state index is 13.5. The zero-order valence-electron chi connectivity index (χ0n) is 13.3. The second-order valence-electron chi connectivity index (χ2n) is 7.22. The number of nitrogens with two attached hydrogens (primary N) is 1. The zero-order chi connectivity index (χ0) is 16.3. The van der Waals surface area contributed by atoms with E-state index in [0.717, 1.165) is 24.0 Å². The van der Waals surface area contributed by atoms with Gasteiger partial charge in [0.15, 0.2) is 0 Å². The van der Waals surface area contributed by atoms with Crippen molar-refractivity contribution in [3.05, 3.63) is 35.1 Å². The van der Waals surface area contributed by atoms with Crippen molar-refractivity contribution in [3.8, 4) is 0 Å². The molecule has 22 heavy (non-hydrogen) atoms. The number of amides is 1. The van der Waals surface area contributed by atoms with Gasteiger partial charge in [-0.25, -0.2) is 4.39 Å². The Hall–Kier alpha value is -1.46. The van der Waals surface area contributed by atoms with Crippen LogP contribution < -0.4 is 5.73 Å². The summed E-state index contributed by atoms with van der Waals surface area (Å²) in [6.07, 6.45) is 1.98. The van der Waals surface area contributed by atoms with Crippen molar-refractivity contribution in [3.63, 3.8) is 0 Å². The van der Waals surface area contributed by atoms with Crippen LogP contribution in [0.2, 0.25) is 0 Å². The fourth-order valence-corrected chi connectivity index (χ4v) is 4.31. The lowest BCUT2D eigenvalue weighted by Gasteiger charge is -2.40. The smallest absolute Gasteiger partial charge is 0.240 e. The number of nitrogens with zero attached hydrogens (tertiary/aromatic N) is 1. The topological polar surface area (TPSA) is 66.6 Å². The van der Waals surface area contributed by atoms with Crippen LogP contribution >= 0.6 is 0 Å². The number of hydrogen-bond acceptors (Lipinski definition) is 3. The molecule has 0 aromatic heterocycles. The lowest BCUT2D eigenvalue weighted by Crippen LogP contribution is -2.52. The summed E-state index contributed by atoms with van der Waals surface area (Å²) >= 11 is 0. The molecule has 0 saturated carbocycles. The van der Waals surface area contributed by atoms with Crippen LogP contribution in [0.3, 0.4) is 0 Å². The predicted octanol–water partition coefficient (Wildman–Crippen LogP) is 1.82. The molecule has 5 heteroatoms. The van der Waals surface area contributed by atoms with E-state index in [1.165, 1.54) is 12.1 Å². The molecule has 2 saturated heterocycles. The van der Waals surface area contributed by atoms with Crippen LogP contribution in [-0.2, 0) is 10.3 Å². The van der Waals surface area contributed by atoms with Crippen LogP contribution in [0.5, 0.6) is 0 Å². The first-order valence-electron chi connectivity index (χ1n) is 7.74. The number of benzene rings is 1. The molecule has 2 fully saturated rings. The van der Waals surface area contributed by atoms with Gasteiger partial charge in [-0.1, -0.05) is 6.07 Å². The molecule has 0 radical (unpaired) electrons. The Bertz CT molecular complexity index is 626. The first kappa shape index (κ1) is 15.4. The Balaban J connectivity index is 2.13. The highest BCUT2D eigenvalue weighted by molar-refractivity contribution is 5.86. The first-order valence-corrected chi connectivity index (χ1v) is 7.74. The van der Waals surface area contributed by atoms with E-state index in [4.69, 9.17) is 5.73 Å². The van der Waals surface area contributed by atoms with E-state index < -0.39 is 17.2 Å². The van der Waals surface area contributed by atoms with Crippen molar-refractivity contribution in [2.24, 2.45) is 5.73 Å². The van der Waals surface area contributed by atoms with Gasteiger partial charge in [0.1, 0.15) is 5.82 Å². The number of carbonyl (C=O) groups excluding carboxylic acids is 1. The van der Waals surface area contributed by atoms with Crippen LogP contribution in [0.1, 0.15) is 44.2 Å². The van der Waals surface area contributed by atoms with Crippen molar-refractivity contribution in [2.75, 3.05) is 0 Å². The quantitative estimate of drug-likeness (QED) is 0.876.